The number of rotatable bonds is 13. The van der Waals surface area contributed by atoms with Gasteiger partial charge in [0.05, 0.1) is 12.4 Å². The van der Waals surface area contributed by atoms with E-state index in [9.17, 15) is 14.5 Å². The van der Waals surface area contributed by atoms with E-state index in [2.05, 4.69) is 5.32 Å². The highest BCUT2D eigenvalue weighted by molar-refractivity contribution is 8.01. The monoisotopic (exact) mass is 513 g/mol. The van der Waals surface area contributed by atoms with Crippen LogP contribution in [0.4, 0.5) is 0 Å². The van der Waals surface area contributed by atoms with Crippen molar-refractivity contribution in [3.63, 3.8) is 0 Å². The molecule has 1 aliphatic heterocycles. The number of phosphoric ester groups is 1. The van der Waals surface area contributed by atoms with Crippen LogP contribution < -0.4 is 14.8 Å². The lowest BCUT2D eigenvalue weighted by Crippen LogP contribution is -2.27. The summed E-state index contributed by atoms with van der Waals surface area (Å²) in [6.07, 6.45) is -0.0724. The van der Waals surface area contributed by atoms with Gasteiger partial charge in [0.1, 0.15) is 24.2 Å². The largest absolute Gasteiger partial charge is 0.497 e. The van der Waals surface area contributed by atoms with Crippen molar-refractivity contribution in [2.24, 2.45) is 0 Å². The minimum atomic E-state index is -3.68. The van der Waals surface area contributed by atoms with Crippen LogP contribution in [0.25, 0.3) is 0 Å². The van der Waals surface area contributed by atoms with Gasteiger partial charge in [-0.1, -0.05) is 36.0 Å². The van der Waals surface area contributed by atoms with Crippen molar-refractivity contribution in [3.8, 4) is 11.5 Å². The summed E-state index contributed by atoms with van der Waals surface area (Å²) in [4.78, 5) is 11.8. The van der Waals surface area contributed by atoms with Crippen molar-refractivity contribution in [2.45, 2.75) is 23.3 Å². The molecular formula is C22H28NO9PS. The minimum absolute atomic E-state index is 0.132. The summed E-state index contributed by atoms with van der Waals surface area (Å²) in [7, 11) is 0.321. The maximum Gasteiger partial charge on any atom is 0.476 e. The molecule has 186 valence electrons. The summed E-state index contributed by atoms with van der Waals surface area (Å²) in [5.41, 5.74) is 0.851. The quantitative estimate of drug-likeness (QED) is 0.305. The molecule has 0 aromatic heterocycles. The predicted molar refractivity (Wildman–Crippen MR) is 126 cm³/mol. The van der Waals surface area contributed by atoms with E-state index in [1.165, 1.54) is 26.0 Å². The minimum Gasteiger partial charge on any atom is -0.497 e. The molecular weight excluding hydrogens is 485 g/mol. The van der Waals surface area contributed by atoms with E-state index in [0.29, 0.717) is 17.9 Å². The van der Waals surface area contributed by atoms with E-state index < -0.39 is 19.5 Å². The number of carbonyl (C=O) groups excluding carboxylic acids is 1. The van der Waals surface area contributed by atoms with Crippen LogP contribution in [0.2, 0.25) is 0 Å². The van der Waals surface area contributed by atoms with Crippen LogP contribution in [0.1, 0.15) is 17.2 Å². The molecule has 1 saturated heterocycles. The first kappa shape index (κ1) is 26.5. The molecule has 0 spiro atoms. The average molecular weight is 514 g/mol. The molecule has 2 aromatic rings. The third-order valence-electron chi connectivity index (χ3n) is 4.99. The van der Waals surface area contributed by atoms with Crippen molar-refractivity contribution in [1.29, 1.82) is 0 Å². The Kier molecular flexibility index (Phi) is 9.78. The van der Waals surface area contributed by atoms with Crippen LogP contribution in [0.15, 0.2) is 48.5 Å². The number of nitrogens with one attached hydrogen (secondary N) is 1. The van der Waals surface area contributed by atoms with Gasteiger partial charge in [-0.3, -0.25) is 18.4 Å². The normalized spacial score (nSPS) is 19.0. The Morgan fingerprint density at radius 2 is 1.82 bits per heavy atom. The second-order valence-electron chi connectivity index (χ2n) is 7.14. The maximum absolute atomic E-state index is 12.1. The van der Waals surface area contributed by atoms with E-state index in [0.717, 1.165) is 11.1 Å². The lowest BCUT2D eigenvalue weighted by molar-refractivity contribution is -0.121. The molecule has 1 heterocycles. The van der Waals surface area contributed by atoms with Gasteiger partial charge >= 0.3 is 7.82 Å². The van der Waals surface area contributed by atoms with E-state index in [1.54, 1.807) is 19.2 Å². The molecule has 3 atom stereocenters. The van der Waals surface area contributed by atoms with Crippen LogP contribution >= 0.6 is 19.6 Å². The highest BCUT2D eigenvalue weighted by atomic mass is 32.2. The summed E-state index contributed by atoms with van der Waals surface area (Å²) >= 11 is 1.19. The number of phosphoric acid groups is 1. The molecule has 0 bridgehead atoms. The molecule has 1 amide bonds. The van der Waals surface area contributed by atoms with Crippen molar-refractivity contribution in [1.82, 2.24) is 5.32 Å². The van der Waals surface area contributed by atoms with E-state index in [4.69, 9.17) is 27.8 Å². The van der Waals surface area contributed by atoms with Crippen LogP contribution in [-0.4, -0.2) is 56.6 Å². The number of amides is 1. The molecule has 0 saturated carbocycles. The highest BCUT2D eigenvalue weighted by Gasteiger charge is 2.31. The number of methoxy groups -OCH3 is 1. The first-order chi connectivity index (χ1) is 16.4. The van der Waals surface area contributed by atoms with Crippen LogP contribution in [0, 0.1) is 0 Å². The second-order valence-corrected chi connectivity index (χ2v) is 10.3. The Morgan fingerprint density at radius 1 is 1.09 bits per heavy atom. The zero-order chi connectivity index (χ0) is 24.6. The molecule has 3 rings (SSSR count). The summed E-state index contributed by atoms with van der Waals surface area (Å²) in [5.74, 6) is 1.07. The SMILES string of the molecule is COc1cccc(C(COc2ccc(CC3SC(O)NC3=O)cc2)OCOP(=O)(OC)OC)c1. The molecule has 0 radical (unpaired) electrons. The standard InChI is InChI=1S/C22H28NO9PS/c1-27-18-6-4-5-16(12-18)19(31-14-32-33(26,28-2)29-3)13-30-17-9-7-15(8-10-17)11-20-21(24)23-22(25)34-20/h4-10,12,19-20,22,25H,11,13-14H2,1-3H3,(H,23,24). The second kappa shape index (κ2) is 12.6. The van der Waals surface area contributed by atoms with E-state index >= 15 is 0 Å². The predicted octanol–water partition coefficient (Wildman–Crippen LogP) is 3.26. The number of hydrogen-bond donors (Lipinski definition) is 2. The van der Waals surface area contributed by atoms with Crippen molar-refractivity contribution in [3.05, 3.63) is 59.7 Å². The lowest BCUT2D eigenvalue weighted by Gasteiger charge is -2.21. The first-order valence-corrected chi connectivity index (χ1v) is 12.7. The third-order valence-corrected chi connectivity index (χ3v) is 7.39. The fraction of sp³-hybridized carbons (Fsp3) is 0.409. The fourth-order valence-corrected chi connectivity index (χ4v) is 4.68. The van der Waals surface area contributed by atoms with Crippen molar-refractivity contribution in [2.75, 3.05) is 34.7 Å². The van der Waals surface area contributed by atoms with Gasteiger partial charge in [-0.15, -0.1) is 0 Å². The van der Waals surface area contributed by atoms with Crippen LogP contribution in [-0.2, 0) is 34.1 Å². The number of benzene rings is 2. The molecule has 12 heteroatoms. The van der Waals surface area contributed by atoms with E-state index in [-0.39, 0.29) is 24.6 Å². The molecule has 0 aliphatic carbocycles. The molecule has 2 aromatic carbocycles. The first-order valence-electron chi connectivity index (χ1n) is 10.3. The summed E-state index contributed by atoms with van der Waals surface area (Å²) in [6.45, 7) is -0.219. The van der Waals surface area contributed by atoms with Gasteiger partial charge in [0.25, 0.3) is 0 Å². The van der Waals surface area contributed by atoms with Gasteiger partial charge in [-0.2, -0.15) is 0 Å². The number of aliphatic hydroxyl groups is 1. The highest BCUT2D eigenvalue weighted by Crippen LogP contribution is 2.47. The Morgan fingerprint density at radius 3 is 2.44 bits per heavy atom. The summed E-state index contributed by atoms with van der Waals surface area (Å²) in [5, 5.41) is 11.7. The van der Waals surface area contributed by atoms with Gasteiger partial charge in [0, 0.05) is 14.2 Å². The van der Waals surface area contributed by atoms with Gasteiger partial charge in [0.2, 0.25) is 5.91 Å². The maximum atomic E-state index is 12.1. The van der Waals surface area contributed by atoms with E-state index in [1.807, 2.05) is 36.4 Å². The van der Waals surface area contributed by atoms with Crippen LogP contribution in [0.3, 0.4) is 0 Å². The number of ether oxygens (including phenoxy) is 3. The van der Waals surface area contributed by atoms with Gasteiger partial charge in [-0.05, 0) is 41.8 Å². The molecule has 3 unspecified atom stereocenters. The zero-order valence-electron chi connectivity index (χ0n) is 19.0. The van der Waals surface area contributed by atoms with Gasteiger partial charge in [-0.25, -0.2) is 4.57 Å². The Hall–Kier alpha value is -2.11. The molecule has 2 N–H and O–H groups in total. The number of aliphatic hydroxyl groups excluding tert-OH is 1. The Bertz CT molecular complexity index is 983. The topological polar surface area (TPSA) is 122 Å². The van der Waals surface area contributed by atoms with Crippen molar-refractivity contribution >= 4 is 25.5 Å². The summed E-state index contributed by atoms with van der Waals surface area (Å²) in [6, 6.07) is 14.6. The molecule has 10 nitrogen and oxygen atoms in total. The van der Waals surface area contributed by atoms with Crippen LogP contribution in [0.5, 0.6) is 11.5 Å². The Balaban J connectivity index is 1.62. The summed E-state index contributed by atoms with van der Waals surface area (Å²) < 4.78 is 43.7. The van der Waals surface area contributed by atoms with Gasteiger partial charge in [0.15, 0.2) is 12.4 Å². The smallest absolute Gasteiger partial charge is 0.476 e. The van der Waals surface area contributed by atoms with Gasteiger partial charge < -0.3 is 24.6 Å². The number of thioether (sulfide) groups is 1. The molecule has 1 aliphatic rings. The molecule has 34 heavy (non-hydrogen) atoms. The van der Waals surface area contributed by atoms with Crippen molar-refractivity contribution < 1.29 is 42.2 Å². The fourth-order valence-electron chi connectivity index (χ4n) is 3.15. The Labute approximate surface area is 202 Å². The third kappa shape index (κ3) is 7.44. The average Bonchev–Trinajstić information content (AvgIpc) is 3.18. The number of hydrogen-bond acceptors (Lipinski definition) is 10. The lowest BCUT2D eigenvalue weighted by atomic mass is 10.1. The number of carbonyl (C=O) groups is 1. The zero-order valence-corrected chi connectivity index (χ0v) is 20.8. The molecule has 1 fully saturated rings.